The Labute approximate surface area is 153 Å². The van der Waals surface area contributed by atoms with E-state index in [-0.39, 0.29) is 0 Å². The summed E-state index contributed by atoms with van der Waals surface area (Å²) in [7, 11) is 0. The smallest absolute Gasteiger partial charge is 0.411 e. The number of nitrogens with one attached hydrogen (secondary N) is 2. The van der Waals surface area contributed by atoms with Crippen LogP contribution in [-0.2, 0) is 11.3 Å². The van der Waals surface area contributed by atoms with Gasteiger partial charge in [-0.25, -0.2) is 9.78 Å². The number of benzene rings is 1. The molecule has 0 aliphatic heterocycles. The number of amides is 1. The molecule has 1 aromatic carbocycles. The fraction of sp³-hybridized carbons (Fsp3) is 0.300. The van der Waals surface area contributed by atoms with E-state index in [1.807, 2.05) is 50.4 Å². The standard InChI is InChI=1S/C20H24N4O2/c1-5-26-20(25)23-17-9-6-8-13(2)16(17)12-21-18-10-7-11-24-15(4)14(3)22-19(18)24/h6-11,21H,5,12H2,1-4H3,(H,23,25). The number of nitrogens with zero attached hydrogens (tertiary/aromatic N) is 2. The predicted molar refractivity (Wildman–Crippen MR) is 104 cm³/mol. The Morgan fingerprint density at radius 3 is 2.69 bits per heavy atom. The van der Waals surface area contributed by atoms with Crippen molar-refractivity contribution in [3.63, 3.8) is 0 Å². The number of carbonyl (C=O) groups is 1. The summed E-state index contributed by atoms with van der Waals surface area (Å²) in [5.74, 6) is 0. The van der Waals surface area contributed by atoms with Crippen LogP contribution in [0.15, 0.2) is 36.5 Å². The van der Waals surface area contributed by atoms with Crippen LogP contribution in [0.4, 0.5) is 16.2 Å². The molecule has 0 atom stereocenters. The van der Waals surface area contributed by atoms with Gasteiger partial charge < -0.3 is 14.5 Å². The van der Waals surface area contributed by atoms with Crippen LogP contribution < -0.4 is 10.6 Å². The Morgan fingerprint density at radius 2 is 1.92 bits per heavy atom. The highest BCUT2D eigenvalue weighted by molar-refractivity contribution is 5.86. The number of fused-ring (bicyclic) bond motifs is 1. The summed E-state index contributed by atoms with van der Waals surface area (Å²) in [6.07, 6.45) is 1.57. The lowest BCUT2D eigenvalue weighted by Crippen LogP contribution is -2.16. The van der Waals surface area contributed by atoms with Crippen LogP contribution in [0.5, 0.6) is 0 Å². The third-order valence-corrected chi connectivity index (χ3v) is 4.50. The largest absolute Gasteiger partial charge is 0.450 e. The number of aromatic nitrogens is 2. The van der Waals surface area contributed by atoms with Gasteiger partial charge in [0.2, 0.25) is 0 Å². The average molecular weight is 352 g/mol. The maximum absolute atomic E-state index is 11.8. The van der Waals surface area contributed by atoms with E-state index in [1.165, 1.54) is 0 Å². The number of hydrogen-bond acceptors (Lipinski definition) is 4. The number of hydrogen-bond donors (Lipinski definition) is 2. The van der Waals surface area contributed by atoms with Crippen LogP contribution in [0.1, 0.15) is 29.4 Å². The van der Waals surface area contributed by atoms with E-state index in [0.717, 1.165) is 39.5 Å². The Bertz CT molecular complexity index is 946. The second-order valence-electron chi connectivity index (χ2n) is 6.20. The molecule has 3 rings (SSSR count). The predicted octanol–water partition coefficient (Wildman–Crippen LogP) is 4.44. The third-order valence-electron chi connectivity index (χ3n) is 4.50. The highest BCUT2D eigenvalue weighted by Crippen LogP contribution is 2.24. The first-order valence-corrected chi connectivity index (χ1v) is 8.71. The average Bonchev–Trinajstić information content (AvgIpc) is 2.90. The lowest BCUT2D eigenvalue weighted by Gasteiger charge is -2.15. The number of ether oxygens (including phenoxy) is 1. The van der Waals surface area contributed by atoms with Crippen molar-refractivity contribution in [2.24, 2.45) is 0 Å². The second-order valence-corrected chi connectivity index (χ2v) is 6.20. The fourth-order valence-corrected chi connectivity index (χ4v) is 2.95. The SMILES string of the molecule is CCOC(=O)Nc1cccc(C)c1CNc1cccn2c(C)c(C)nc12. The molecule has 0 bridgehead atoms. The molecule has 6 heteroatoms. The van der Waals surface area contributed by atoms with Crippen LogP contribution in [-0.4, -0.2) is 22.1 Å². The number of rotatable bonds is 5. The van der Waals surface area contributed by atoms with E-state index in [1.54, 1.807) is 6.92 Å². The molecule has 0 spiro atoms. The Kier molecular flexibility index (Phi) is 5.11. The summed E-state index contributed by atoms with van der Waals surface area (Å²) in [6.45, 7) is 8.78. The van der Waals surface area contributed by atoms with Crippen LogP contribution in [0.2, 0.25) is 0 Å². The van der Waals surface area contributed by atoms with Crippen molar-refractivity contribution in [3.05, 3.63) is 59.0 Å². The molecule has 1 amide bonds. The minimum Gasteiger partial charge on any atom is -0.450 e. The highest BCUT2D eigenvalue weighted by Gasteiger charge is 2.12. The van der Waals surface area contributed by atoms with Gasteiger partial charge in [-0.2, -0.15) is 0 Å². The number of carbonyl (C=O) groups excluding carboxylic acids is 1. The van der Waals surface area contributed by atoms with Crippen molar-refractivity contribution in [1.82, 2.24) is 9.38 Å². The molecule has 0 saturated heterocycles. The first-order valence-electron chi connectivity index (χ1n) is 8.71. The summed E-state index contributed by atoms with van der Waals surface area (Å²) >= 11 is 0. The third kappa shape index (κ3) is 3.49. The van der Waals surface area contributed by atoms with Crippen molar-refractivity contribution >= 4 is 23.1 Å². The molecule has 6 nitrogen and oxygen atoms in total. The monoisotopic (exact) mass is 352 g/mol. The minimum absolute atomic E-state index is 0.339. The molecule has 2 heterocycles. The fourth-order valence-electron chi connectivity index (χ4n) is 2.95. The lowest BCUT2D eigenvalue weighted by atomic mass is 10.1. The normalized spacial score (nSPS) is 10.8. The van der Waals surface area contributed by atoms with E-state index < -0.39 is 6.09 Å². The van der Waals surface area contributed by atoms with Crippen LogP contribution in [0.3, 0.4) is 0 Å². The summed E-state index contributed by atoms with van der Waals surface area (Å²) in [5, 5.41) is 6.27. The number of pyridine rings is 1. The second kappa shape index (κ2) is 7.47. The zero-order chi connectivity index (χ0) is 18.7. The Hall–Kier alpha value is -3.02. The molecule has 3 aromatic rings. The van der Waals surface area contributed by atoms with Gasteiger partial charge in [0.1, 0.15) is 0 Å². The van der Waals surface area contributed by atoms with Crippen LogP contribution in [0.25, 0.3) is 5.65 Å². The first kappa shape index (κ1) is 17.8. The molecular formula is C20H24N4O2. The summed E-state index contributed by atoms with van der Waals surface area (Å²) < 4.78 is 7.07. The maximum atomic E-state index is 11.8. The van der Waals surface area contributed by atoms with Crippen molar-refractivity contribution in [2.45, 2.75) is 34.2 Å². The van der Waals surface area contributed by atoms with Crippen LogP contribution in [0, 0.1) is 20.8 Å². The van der Waals surface area contributed by atoms with Gasteiger partial charge in [-0.3, -0.25) is 5.32 Å². The zero-order valence-electron chi connectivity index (χ0n) is 15.6. The Morgan fingerprint density at radius 1 is 1.15 bits per heavy atom. The van der Waals surface area contributed by atoms with E-state index in [0.29, 0.717) is 13.2 Å². The number of anilines is 2. The number of aryl methyl sites for hydroxylation is 3. The molecular weight excluding hydrogens is 328 g/mol. The van der Waals surface area contributed by atoms with E-state index in [4.69, 9.17) is 4.74 Å². The summed E-state index contributed by atoms with van der Waals surface area (Å²) in [4.78, 5) is 16.5. The van der Waals surface area contributed by atoms with Gasteiger partial charge >= 0.3 is 6.09 Å². The molecule has 0 saturated carbocycles. The highest BCUT2D eigenvalue weighted by atomic mass is 16.5. The molecule has 0 radical (unpaired) electrons. The molecule has 26 heavy (non-hydrogen) atoms. The van der Waals surface area contributed by atoms with Gasteiger partial charge in [-0.05, 0) is 57.0 Å². The number of imidazole rings is 1. The molecule has 0 unspecified atom stereocenters. The molecule has 136 valence electrons. The van der Waals surface area contributed by atoms with Crippen LogP contribution >= 0.6 is 0 Å². The lowest BCUT2D eigenvalue weighted by molar-refractivity contribution is 0.168. The summed E-state index contributed by atoms with van der Waals surface area (Å²) in [5.41, 5.74) is 6.85. The van der Waals surface area contributed by atoms with Gasteiger partial charge in [0.05, 0.1) is 18.0 Å². The summed E-state index contributed by atoms with van der Waals surface area (Å²) in [6, 6.07) is 9.84. The topological polar surface area (TPSA) is 67.7 Å². The zero-order valence-corrected chi connectivity index (χ0v) is 15.6. The van der Waals surface area contributed by atoms with Crippen molar-refractivity contribution in [2.75, 3.05) is 17.2 Å². The van der Waals surface area contributed by atoms with Gasteiger partial charge in [0.15, 0.2) is 5.65 Å². The van der Waals surface area contributed by atoms with E-state index >= 15 is 0 Å². The maximum Gasteiger partial charge on any atom is 0.411 e. The van der Waals surface area contributed by atoms with Crippen molar-refractivity contribution < 1.29 is 9.53 Å². The van der Waals surface area contributed by atoms with Crippen molar-refractivity contribution in [1.29, 1.82) is 0 Å². The van der Waals surface area contributed by atoms with Gasteiger partial charge in [0, 0.05) is 24.1 Å². The molecule has 0 aliphatic rings. The minimum atomic E-state index is -0.444. The van der Waals surface area contributed by atoms with Gasteiger partial charge in [-0.15, -0.1) is 0 Å². The van der Waals surface area contributed by atoms with E-state index in [2.05, 4.69) is 26.9 Å². The Balaban J connectivity index is 1.86. The first-order chi connectivity index (χ1) is 12.5. The molecule has 0 fully saturated rings. The molecule has 2 N–H and O–H groups in total. The van der Waals surface area contributed by atoms with Gasteiger partial charge in [-0.1, -0.05) is 12.1 Å². The molecule has 2 aromatic heterocycles. The molecule has 0 aliphatic carbocycles. The van der Waals surface area contributed by atoms with E-state index in [9.17, 15) is 4.79 Å². The van der Waals surface area contributed by atoms with Gasteiger partial charge in [0.25, 0.3) is 0 Å². The van der Waals surface area contributed by atoms with Crippen molar-refractivity contribution in [3.8, 4) is 0 Å². The quantitative estimate of drug-likeness (QED) is 0.712.